The molecule has 1 amide bonds. The summed E-state index contributed by atoms with van der Waals surface area (Å²) in [5, 5.41) is 2.82. The van der Waals surface area contributed by atoms with E-state index in [1.54, 1.807) is 12.1 Å². The van der Waals surface area contributed by atoms with Crippen molar-refractivity contribution in [3.05, 3.63) is 53.6 Å². The van der Waals surface area contributed by atoms with Gasteiger partial charge in [-0.25, -0.2) is 8.42 Å². The first kappa shape index (κ1) is 23.1. The van der Waals surface area contributed by atoms with Crippen LogP contribution in [0, 0.1) is 13.8 Å². The SMILES string of the molecule is Cc1cc(C)cc(NS(=O)(=O)c2ccc(OCC(=O)NCCN3CCOCC3)cc2)c1. The normalized spacial score (nSPS) is 14.8. The summed E-state index contributed by atoms with van der Waals surface area (Å²) in [4.78, 5) is 14.3. The molecule has 31 heavy (non-hydrogen) atoms. The molecule has 1 heterocycles. The van der Waals surface area contributed by atoms with Crippen molar-refractivity contribution in [2.75, 3.05) is 50.7 Å². The van der Waals surface area contributed by atoms with Crippen LogP contribution in [0.5, 0.6) is 5.75 Å². The fourth-order valence-corrected chi connectivity index (χ4v) is 4.38. The first-order valence-corrected chi connectivity index (χ1v) is 11.7. The predicted octanol–water partition coefficient (Wildman–Crippen LogP) is 1.93. The second kappa shape index (κ2) is 10.6. The lowest BCUT2D eigenvalue weighted by Crippen LogP contribution is -2.42. The summed E-state index contributed by atoms with van der Waals surface area (Å²) in [6, 6.07) is 11.5. The number of anilines is 1. The molecule has 0 aliphatic carbocycles. The number of amides is 1. The first-order valence-electron chi connectivity index (χ1n) is 10.2. The number of sulfonamides is 1. The molecule has 0 aromatic heterocycles. The van der Waals surface area contributed by atoms with Crippen LogP contribution in [0.1, 0.15) is 11.1 Å². The van der Waals surface area contributed by atoms with Crippen LogP contribution >= 0.6 is 0 Å². The molecule has 3 rings (SSSR count). The maximum atomic E-state index is 12.6. The highest BCUT2D eigenvalue weighted by atomic mass is 32.2. The predicted molar refractivity (Wildman–Crippen MR) is 119 cm³/mol. The van der Waals surface area contributed by atoms with E-state index in [4.69, 9.17) is 9.47 Å². The van der Waals surface area contributed by atoms with Gasteiger partial charge in [0.15, 0.2) is 6.61 Å². The Labute approximate surface area is 183 Å². The fraction of sp³-hybridized carbons (Fsp3) is 0.409. The summed E-state index contributed by atoms with van der Waals surface area (Å²) in [6.07, 6.45) is 0. The van der Waals surface area contributed by atoms with Crippen LogP contribution in [-0.4, -0.2) is 65.2 Å². The molecule has 0 radical (unpaired) electrons. The van der Waals surface area contributed by atoms with Crippen LogP contribution in [0.4, 0.5) is 5.69 Å². The van der Waals surface area contributed by atoms with Gasteiger partial charge < -0.3 is 14.8 Å². The zero-order chi connectivity index (χ0) is 22.3. The topological polar surface area (TPSA) is 97.0 Å². The molecule has 0 unspecified atom stereocenters. The number of hydrogen-bond acceptors (Lipinski definition) is 6. The molecule has 8 nitrogen and oxygen atoms in total. The quantitative estimate of drug-likeness (QED) is 0.610. The zero-order valence-corrected chi connectivity index (χ0v) is 18.7. The van der Waals surface area contributed by atoms with Gasteiger partial charge in [-0.3, -0.25) is 14.4 Å². The van der Waals surface area contributed by atoms with Crippen molar-refractivity contribution in [2.24, 2.45) is 0 Å². The number of morpholine rings is 1. The third-order valence-electron chi connectivity index (χ3n) is 4.83. The van der Waals surface area contributed by atoms with E-state index in [-0.39, 0.29) is 17.4 Å². The molecular formula is C22H29N3O5S. The molecule has 2 N–H and O–H groups in total. The van der Waals surface area contributed by atoms with Crippen LogP contribution in [-0.2, 0) is 19.6 Å². The molecule has 0 spiro atoms. The van der Waals surface area contributed by atoms with Gasteiger partial charge in [0.25, 0.3) is 15.9 Å². The van der Waals surface area contributed by atoms with Gasteiger partial charge in [-0.05, 0) is 61.4 Å². The number of carbonyl (C=O) groups excluding carboxylic acids is 1. The van der Waals surface area contributed by atoms with Gasteiger partial charge in [-0.1, -0.05) is 6.07 Å². The van der Waals surface area contributed by atoms with E-state index in [9.17, 15) is 13.2 Å². The Kier molecular flexibility index (Phi) is 7.89. The van der Waals surface area contributed by atoms with Gasteiger partial charge >= 0.3 is 0 Å². The number of aryl methyl sites for hydroxylation is 2. The average molecular weight is 448 g/mol. The van der Waals surface area contributed by atoms with E-state index < -0.39 is 10.0 Å². The minimum atomic E-state index is -3.72. The molecule has 0 bridgehead atoms. The first-order chi connectivity index (χ1) is 14.8. The number of nitrogens with one attached hydrogen (secondary N) is 2. The Morgan fingerprint density at radius 1 is 1.06 bits per heavy atom. The molecule has 2 aromatic rings. The third-order valence-corrected chi connectivity index (χ3v) is 6.23. The van der Waals surface area contributed by atoms with Crippen LogP contribution in [0.25, 0.3) is 0 Å². The van der Waals surface area contributed by atoms with Crippen molar-refractivity contribution in [2.45, 2.75) is 18.7 Å². The van der Waals surface area contributed by atoms with Gasteiger partial charge in [0.1, 0.15) is 5.75 Å². The molecule has 0 saturated carbocycles. The number of hydrogen-bond donors (Lipinski definition) is 2. The summed E-state index contributed by atoms with van der Waals surface area (Å²) >= 11 is 0. The molecule has 1 saturated heterocycles. The van der Waals surface area contributed by atoms with Crippen molar-refractivity contribution in [3.63, 3.8) is 0 Å². The van der Waals surface area contributed by atoms with Gasteiger partial charge in [0, 0.05) is 31.9 Å². The van der Waals surface area contributed by atoms with Gasteiger partial charge in [-0.2, -0.15) is 0 Å². The molecular weight excluding hydrogens is 418 g/mol. The largest absolute Gasteiger partial charge is 0.484 e. The van der Waals surface area contributed by atoms with Crippen molar-refractivity contribution in [1.82, 2.24) is 10.2 Å². The number of benzene rings is 2. The Morgan fingerprint density at radius 3 is 2.35 bits per heavy atom. The van der Waals surface area contributed by atoms with Crippen LogP contribution in [0.2, 0.25) is 0 Å². The van der Waals surface area contributed by atoms with Crippen molar-refractivity contribution in [1.29, 1.82) is 0 Å². The standard InChI is InChI=1S/C22H29N3O5S/c1-17-13-18(2)15-19(14-17)24-31(27,28)21-5-3-20(4-6-21)30-16-22(26)23-7-8-25-9-11-29-12-10-25/h3-6,13-15,24H,7-12,16H2,1-2H3,(H,23,26). The van der Waals surface area contributed by atoms with E-state index in [1.807, 2.05) is 19.9 Å². The molecule has 2 aromatic carbocycles. The summed E-state index contributed by atoms with van der Waals surface area (Å²) in [5.41, 5.74) is 2.47. The van der Waals surface area contributed by atoms with Gasteiger partial charge in [-0.15, -0.1) is 0 Å². The Morgan fingerprint density at radius 2 is 1.71 bits per heavy atom. The van der Waals surface area contributed by atoms with Crippen LogP contribution < -0.4 is 14.8 Å². The number of carbonyl (C=O) groups is 1. The van der Waals surface area contributed by atoms with E-state index in [1.165, 1.54) is 24.3 Å². The summed E-state index contributed by atoms with van der Waals surface area (Å²) < 4.78 is 38.6. The molecule has 168 valence electrons. The monoisotopic (exact) mass is 447 g/mol. The molecule has 1 aliphatic heterocycles. The maximum absolute atomic E-state index is 12.6. The lowest BCUT2D eigenvalue weighted by molar-refractivity contribution is -0.123. The minimum absolute atomic E-state index is 0.119. The van der Waals surface area contributed by atoms with Gasteiger partial charge in [0.05, 0.1) is 18.1 Å². The summed E-state index contributed by atoms with van der Waals surface area (Å²) in [7, 11) is -3.72. The van der Waals surface area contributed by atoms with E-state index in [0.29, 0.717) is 18.0 Å². The molecule has 1 aliphatic rings. The highest BCUT2D eigenvalue weighted by Gasteiger charge is 2.15. The van der Waals surface area contributed by atoms with Crippen LogP contribution in [0.15, 0.2) is 47.4 Å². The molecule has 9 heteroatoms. The average Bonchev–Trinajstić information content (AvgIpc) is 2.72. The Balaban J connectivity index is 1.47. The smallest absolute Gasteiger partial charge is 0.261 e. The lowest BCUT2D eigenvalue weighted by Gasteiger charge is -2.26. The summed E-state index contributed by atoms with van der Waals surface area (Å²) in [6.45, 7) is 8.21. The number of nitrogens with zero attached hydrogens (tertiary/aromatic N) is 1. The number of ether oxygens (including phenoxy) is 2. The highest BCUT2D eigenvalue weighted by Crippen LogP contribution is 2.21. The van der Waals surface area contributed by atoms with E-state index in [2.05, 4.69) is 14.9 Å². The highest BCUT2D eigenvalue weighted by molar-refractivity contribution is 7.92. The van der Waals surface area contributed by atoms with Crippen LogP contribution in [0.3, 0.4) is 0 Å². The summed E-state index contributed by atoms with van der Waals surface area (Å²) in [5.74, 6) is 0.204. The third kappa shape index (κ3) is 7.23. The molecule has 1 fully saturated rings. The van der Waals surface area contributed by atoms with Gasteiger partial charge in [0.2, 0.25) is 0 Å². The van der Waals surface area contributed by atoms with Crippen molar-refractivity contribution < 1.29 is 22.7 Å². The second-order valence-corrected chi connectivity index (χ2v) is 9.23. The fourth-order valence-electron chi connectivity index (χ4n) is 3.34. The second-order valence-electron chi connectivity index (χ2n) is 7.55. The Hall–Kier alpha value is -2.62. The Bertz CT molecular complexity index is 966. The lowest BCUT2D eigenvalue weighted by atomic mass is 10.1. The van der Waals surface area contributed by atoms with Crippen molar-refractivity contribution in [3.8, 4) is 5.75 Å². The number of rotatable bonds is 9. The van der Waals surface area contributed by atoms with E-state index in [0.717, 1.165) is 44.0 Å². The maximum Gasteiger partial charge on any atom is 0.261 e. The molecule has 0 atom stereocenters. The van der Waals surface area contributed by atoms with Crippen molar-refractivity contribution >= 4 is 21.6 Å². The zero-order valence-electron chi connectivity index (χ0n) is 17.9. The minimum Gasteiger partial charge on any atom is -0.484 e. The van der Waals surface area contributed by atoms with E-state index >= 15 is 0 Å².